The lowest BCUT2D eigenvalue weighted by Gasteiger charge is -2.03. The zero-order valence-electron chi connectivity index (χ0n) is 12.2. The molecule has 0 saturated heterocycles. The number of benzene rings is 3. The summed E-state index contributed by atoms with van der Waals surface area (Å²) in [5.41, 5.74) is 4.17. The lowest BCUT2D eigenvalue weighted by atomic mass is 10.0. The van der Waals surface area contributed by atoms with Crippen molar-refractivity contribution in [2.45, 2.75) is 6.92 Å². The number of fused-ring (bicyclic) bond motifs is 5. The highest BCUT2D eigenvalue weighted by Crippen LogP contribution is 2.36. The lowest BCUT2D eigenvalue weighted by molar-refractivity contribution is 0.626. The van der Waals surface area contributed by atoms with Crippen LogP contribution in [0.2, 0.25) is 0 Å². The van der Waals surface area contributed by atoms with Gasteiger partial charge in [-0.3, -0.25) is 0 Å². The Morgan fingerprint density at radius 2 is 1.57 bits per heavy atom. The number of hydrogen-bond acceptors (Lipinski definition) is 2. The van der Waals surface area contributed by atoms with Gasteiger partial charge in [-0.05, 0) is 49.4 Å². The van der Waals surface area contributed by atoms with Gasteiger partial charge in [0.15, 0.2) is 0 Å². The van der Waals surface area contributed by atoms with Gasteiger partial charge in [0, 0.05) is 27.1 Å². The van der Waals surface area contributed by atoms with Crippen LogP contribution in [-0.4, -0.2) is 0 Å². The van der Waals surface area contributed by atoms with Crippen LogP contribution in [0.4, 0.5) is 20.2 Å². The van der Waals surface area contributed by atoms with E-state index in [4.69, 9.17) is 0 Å². The molecule has 5 rings (SSSR count). The zero-order chi connectivity index (χ0) is 15.7. The summed E-state index contributed by atoms with van der Waals surface area (Å²) in [4.78, 5) is 9.23. The Balaban J connectivity index is 1.99. The van der Waals surface area contributed by atoms with Crippen molar-refractivity contribution < 1.29 is 8.78 Å². The van der Waals surface area contributed by atoms with Gasteiger partial charge in [0.2, 0.25) is 0 Å². The van der Waals surface area contributed by atoms with Gasteiger partial charge in [-0.1, -0.05) is 0 Å². The minimum atomic E-state index is -0.291. The number of hydrogen-bond donors (Lipinski definition) is 0. The first kappa shape index (κ1) is 12.6. The van der Waals surface area contributed by atoms with Crippen LogP contribution in [0.15, 0.2) is 52.4 Å². The van der Waals surface area contributed by atoms with Crippen LogP contribution < -0.4 is 10.7 Å². The number of halogens is 2. The van der Waals surface area contributed by atoms with E-state index in [2.05, 4.69) is 9.98 Å². The van der Waals surface area contributed by atoms with Crippen molar-refractivity contribution in [1.29, 1.82) is 0 Å². The lowest BCUT2D eigenvalue weighted by Crippen LogP contribution is -2.06. The second-order valence-corrected chi connectivity index (χ2v) is 5.84. The Morgan fingerprint density at radius 3 is 2.43 bits per heavy atom. The van der Waals surface area contributed by atoms with Gasteiger partial charge in [-0.25, -0.2) is 18.8 Å². The Labute approximate surface area is 129 Å². The summed E-state index contributed by atoms with van der Waals surface area (Å²) in [5.74, 6) is -0.581. The molecule has 0 amide bonds. The average Bonchev–Trinajstić information content (AvgIpc) is 3.07. The Kier molecular flexibility index (Phi) is 2.25. The minimum Gasteiger partial charge on any atom is -0.247 e. The highest BCUT2D eigenvalue weighted by Gasteiger charge is 2.20. The van der Waals surface area contributed by atoms with Crippen molar-refractivity contribution in [3.05, 3.63) is 80.8 Å². The maximum atomic E-state index is 13.6. The molecule has 2 aliphatic heterocycles. The molecule has 2 aliphatic rings. The predicted octanol–water partition coefficient (Wildman–Crippen LogP) is 3.76. The molecule has 23 heavy (non-hydrogen) atoms. The smallest absolute Gasteiger partial charge is 0.123 e. The summed E-state index contributed by atoms with van der Waals surface area (Å²) >= 11 is 0. The van der Waals surface area contributed by atoms with Crippen molar-refractivity contribution in [2.75, 3.05) is 0 Å². The van der Waals surface area contributed by atoms with E-state index in [0.717, 1.165) is 49.2 Å². The van der Waals surface area contributed by atoms with E-state index in [1.807, 2.05) is 13.0 Å². The molecule has 2 nitrogen and oxygen atoms in total. The standard InChI is InChI=1S/C19H10F2N2/c1-9-18-14(12-6-10(20)2-4-16(12)22-18)8-15-13-7-11(21)3-5-17(13)23-19(9)15/h2-8H,1H3. The third-order valence-corrected chi connectivity index (χ3v) is 4.47. The van der Waals surface area contributed by atoms with Crippen LogP contribution in [0, 0.1) is 29.0 Å². The van der Waals surface area contributed by atoms with Gasteiger partial charge in [0.1, 0.15) is 11.6 Å². The molecule has 0 atom stereocenters. The fourth-order valence-electron chi connectivity index (χ4n) is 3.38. The monoisotopic (exact) mass is 304 g/mol. The Hall–Kier alpha value is -2.88. The maximum absolute atomic E-state index is 13.6. The highest BCUT2D eigenvalue weighted by molar-refractivity contribution is 5.81. The normalized spacial score (nSPS) is 12.8. The van der Waals surface area contributed by atoms with Gasteiger partial charge in [-0.2, -0.15) is 0 Å². The molecule has 4 heteroatoms. The third-order valence-electron chi connectivity index (χ3n) is 4.47. The van der Waals surface area contributed by atoms with Gasteiger partial charge in [-0.15, -0.1) is 0 Å². The van der Waals surface area contributed by atoms with E-state index in [0.29, 0.717) is 0 Å². The van der Waals surface area contributed by atoms with Crippen LogP contribution in [0.5, 0.6) is 0 Å². The van der Waals surface area contributed by atoms with Crippen molar-refractivity contribution in [3.63, 3.8) is 0 Å². The van der Waals surface area contributed by atoms with E-state index in [-0.39, 0.29) is 11.6 Å². The topological polar surface area (TPSA) is 24.7 Å². The first-order valence-corrected chi connectivity index (χ1v) is 7.33. The van der Waals surface area contributed by atoms with Crippen molar-refractivity contribution in [3.8, 4) is 11.1 Å². The minimum absolute atomic E-state index is 0.291. The van der Waals surface area contributed by atoms with Crippen LogP contribution in [0.25, 0.3) is 11.1 Å². The maximum Gasteiger partial charge on any atom is 0.123 e. The zero-order valence-corrected chi connectivity index (χ0v) is 12.2. The molecule has 0 fully saturated rings. The molecule has 110 valence electrons. The molecule has 0 saturated carbocycles. The summed E-state index contributed by atoms with van der Waals surface area (Å²) in [6, 6.07) is 11.1. The fraction of sp³-hybridized carbons (Fsp3) is 0.0526. The van der Waals surface area contributed by atoms with E-state index >= 15 is 0 Å². The summed E-state index contributed by atoms with van der Waals surface area (Å²) in [7, 11) is 0. The summed E-state index contributed by atoms with van der Waals surface area (Å²) < 4.78 is 27.2. The average molecular weight is 304 g/mol. The fourth-order valence-corrected chi connectivity index (χ4v) is 3.38. The van der Waals surface area contributed by atoms with Gasteiger partial charge in [0.05, 0.1) is 22.1 Å². The third kappa shape index (κ3) is 1.60. The van der Waals surface area contributed by atoms with Gasteiger partial charge in [0.25, 0.3) is 0 Å². The molecule has 0 unspecified atom stereocenters. The molecule has 3 aromatic carbocycles. The molecule has 0 aromatic heterocycles. The number of rotatable bonds is 0. The molecule has 0 N–H and O–H groups in total. The first-order chi connectivity index (χ1) is 11.1. The van der Waals surface area contributed by atoms with E-state index < -0.39 is 0 Å². The number of nitrogens with zero attached hydrogens (tertiary/aromatic N) is 2. The molecule has 0 radical (unpaired) electrons. The van der Waals surface area contributed by atoms with E-state index in [9.17, 15) is 8.78 Å². The van der Waals surface area contributed by atoms with Gasteiger partial charge < -0.3 is 0 Å². The molecular formula is C19H10F2N2. The van der Waals surface area contributed by atoms with Crippen molar-refractivity contribution in [2.24, 2.45) is 9.98 Å². The SMILES string of the molecule is Cc1c2c(cc3c1=Nc1ccc(F)cc1-3)=c1cc(F)ccc1=N2. The van der Waals surface area contributed by atoms with Crippen LogP contribution in [-0.2, 0) is 0 Å². The van der Waals surface area contributed by atoms with Gasteiger partial charge >= 0.3 is 0 Å². The summed E-state index contributed by atoms with van der Waals surface area (Å²) in [6.07, 6.45) is 0. The Bertz CT molecular complexity index is 1240. The molecule has 2 heterocycles. The highest BCUT2D eigenvalue weighted by atomic mass is 19.1. The van der Waals surface area contributed by atoms with Crippen LogP contribution in [0.3, 0.4) is 0 Å². The van der Waals surface area contributed by atoms with Crippen molar-refractivity contribution in [1.82, 2.24) is 0 Å². The molecule has 0 bridgehead atoms. The van der Waals surface area contributed by atoms with Crippen molar-refractivity contribution >= 4 is 11.4 Å². The second-order valence-electron chi connectivity index (χ2n) is 5.84. The van der Waals surface area contributed by atoms with E-state index in [1.165, 1.54) is 24.3 Å². The largest absolute Gasteiger partial charge is 0.247 e. The van der Waals surface area contributed by atoms with E-state index in [1.54, 1.807) is 12.1 Å². The molecule has 0 aliphatic carbocycles. The van der Waals surface area contributed by atoms with Crippen LogP contribution >= 0.6 is 0 Å². The molecule has 0 spiro atoms. The van der Waals surface area contributed by atoms with Crippen LogP contribution in [0.1, 0.15) is 5.56 Å². The quantitative estimate of drug-likeness (QED) is 0.416. The Morgan fingerprint density at radius 1 is 0.783 bits per heavy atom. The molecular weight excluding hydrogens is 294 g/mol. The summed E-state index contributed by atoms with van der Waals surface area (Å²) in [6.45, 7) is 1.95. The molecule has 3 aromatic rings. The summed E-state index contributed by atoms with van der Waals surface area (Å²) in [5, 5.41) is 3.23. The first-order valence-electron chi connectivity index (χ1n) is 7.33. The predicted molar refractivity (Wildman–Crippen MR) is 82.3 cm³/mol. The second kappa shape index (κ2) is 4.10.